The van der Waals surface area contributed by atoms with E-state index in [9.17, 15) is 0 Å². The first-order valence-electron chi connectivity index (χ1n) is 6.66. The average Bonchev–Trinajstić information content (AvgIpc) is 2.77. The van der Waals surface area contributed by atoms with Crippen LogP contribution in [0.2, 0.25) is 0 Å². The zero-order chi connectivity index (χ0) is 10.9. The minimum Gasteiger partial charge on any atom is -0.317 e. The predicted octanol–water partition coefficient (Wildman–Crippen LogP) is 3.90. The van der Waals surface area contributed by atoms with Crippen LogP contribution in [0.15, 0.2) is 12.7 Å². The molecule has 1 unspecified atom stereocenters. The highest BCUT2D eigenvalue weighted by atomic mass is 14.9. The molecule has 0 spiro atoms. The molecule has 1 aliphatic rings. The van der Waals surface area contributed by atoms with Gasteiger partial charge in [-0.2, -0.15) is 0 Å². The second kappa shape index (κ2) is 7.92. The molecule has 1 heteroatoms. The van der Waals surface area contributed by atoms with Crippen molar-refractivity contribution in [3.05, 3.63) is 12.7 Å². The van der Waals surface area contributed by atoms with E-state index in [1.165, 1.54) is 57.8 Å². The minimum absolute atomic E-state index is 0.788. The highest BCUT2D eigenvalue weighted by Gasteiger charge is 2.22. The van der Waals surface area contributed by atoms with Gasteiger partial charge in [0.1, 0.15) is 0 Å². The first-order valence-corrected chi connectivity index (χ1v) is 6.66. The van der Waals surface area contributed by atoms with Crippen molar-refractivity contribution in [1.29, 1.82) is 0 Å². The normalized spacial score (nSPS) is 19.3. The molecule has 88 valence electrons. The fourth-order valence-corrected chi connectivity index (χ4v) is 2.81. The average molecular weight is 209 g/mol. The van der Waals surface area contributed by atoms with E-state index >= 15 is 0 Å². The molecule has 0 amide bonds. The van der Waals surface area contributed by atoms with Gasteiger partial charge in [0.05, 0.1) is 0 Å². The molecule has 1 rings (SSSR count). The highest BCUT2D eigenvalue weighted by Crippen LogP contribution is 2.29. The van der Waals surface area contributed by atoms with Crippen LogP contribution in [0.25, 0.3) is 0 Å². The first kappa shape index (κ1) is 12.8. The predicted molar refractivity (Wildman–Crippen MR) is 68.1 cm³/mol. The molecule has 0 aromatic carbocycles. The van der Waals surface area contributed by atoms with Crippen molar-refractivity contribution < 1.29 is 0 Å². The third-order valence-corrected chi connectivity index (χ3v) is 3.76. The Morgan fingerprint density at radius 1 is 1.27 bits per heavy atom. The van der Waals surface area contributed by atoms with E-state index in [2.05, 4.69) is 18.9 Å². The van der Waals surface area contributed by atoms with Crippen molar-refractivity contribution in [3.8, 4) is 0 Å². The second-order valence-electron chi connectivity index (χ2n) is 4.87. The summed E-state index contributed by atoms with van der Waals surface area (Å²) in [4.78, 5) is 0. The van der Waals surface area contributed by atoms with E-state index < -0.39 is 0 Å². The molecule has 1 fully saturated rings. The van der Waals surface area contributed by atoms with Crippen LogP contribution >= 0.6 is 0 Å². The van der Waals surface area contributed by atoms with Gasteiger partial charge >= 0.3 is 0 Å². The Morgan fingerprint density at radius 3 is 2.60 bits per heavy atom. The summed E-state index contributed by atoms with van der Waals surface area (Å²) < 4.78 is 0. The lowest BCUT2D eigenvalue weighted by molar-refractivity contribution is 0.349. The maximum absolute atomic E-state index is 3.76. The molecule has 0 bridgehead atoms. The largest absolute Gasteiger partial charge is 0.317 e. The molecule has 0 aromatic rings. The van der Waals surface area contributed by atoms with Crippen LogP contribution in [0.5, 0.6) is 0 Å². The smallest absolute Gasteiger partial charge is 0.00923 e. The Hall–Kier alpha value is -0.300. The van der Waals surface area contributed by atoms with Gasteiger partial charge in [-0.15, -0.1) is 6.58 Å². The molecular formula is C14H27N. The number of allylic oxidation sites excluding steroid dienone is 1. The molecule has 1 aliphatic carbocycles. The van der Waals surface area contributed by atoms with Gasteiger partial charge in [0.2, 0.25) is 0 Å². The number of rotatable bonds is 8. The Balaban J connectivity index is 2.07. The fraction of sp³-hybridized carbons (Fsp3) is 0.857. The van der Waals surface area contributed by atoms with Crippen molar-refractivity contribution in [2.45, 2.75) is 63.8 Å². The lowest BCUT2D eigenvalue weighted by Gasteiger charge is -2.22. The molecule has 1 nitrogen and oxygen atoms in total. The lowest BCUT2D eigenvalue weighted by atomic mass is 9.93. The van der Waals surface area contributed by atoms with Crippen LogP contribution in [0, 0.1) is 5.92 Å². The number of unbranched alkanes of at least 4 members (excludes halogenated alkanes) is 3. The maximum atomic E-state index is 3.76. The molecule has 0 saturated heterocycles. The zero-order valence-electron chi connectivity index (χ0n) is 10.3. The summed E-state index contributed by atoms with van der Waals surface area (Å²) in [6, 6.07) is 0.788. The van der Waals surface area contributed by atoms with Crippen molar-refractivity contribution >= 4 is 0 Å². The van der Waals surface area contributed by atoms with E-state index in [1.807, 2.05) is 6.08 Å². The standard InChI is InChI=1S/C14H27N/c1-3-4-5-6-7-12-14(15-2)13-10-8-9-11-13/h3,13-15H,1,4-12H2,2H3. The maximum Gasteiger partial charge on any atom is 0.00923 e. The van der Waals surface area contributed by atoms with E-state index in [0.29, 0.717) is 0 Å². The third kappa shape index (κ3) is 4.83. The molecule has 1 saturated carbocycles. The van der Waals surface area contributed by atoms with Gasteiger partial charge in [-0.05, 0) is 45.1 Å². The Bertz CT molecular complexity index is 159. The summed E-state index contributed by atoms with van der Waals surface area (Å²) in [7, 11) is 2.13. The first-order chi connectivity index (χ1) is 7.38. The van der Waals surface area contributed by atoms with Crippen LogP contribution in [-0.4, -0.2) is 13.1 Å². The van der Waals surface area contributed by atoms with Gasteiger partial charge in [-0.1, -0.05) is 31.8 Å². The van der Waals surface area contributed by atoms with Crippen molar-refractivity contribution in [1.82, 2.24) is 5.32 Å². The van der Waals surface area contributed by atoms with E-state index in [1.54, 1.807) is 0 Å². The SMILES string of the molecule is C=CCCCCCC(NC)C1CCCC1. The summed E-state index contributed by atoms with van der Waals surface area (Å²) in [5.41, 5.74) is 0. The fourth-order valence-electron chi connectivity index (χ4n) is 2.81. The number of nitrogens with one attached hydrogen (secondary N) is 1. The molecule has 0 aliphatic heterocycles. The summed E-state index contributed by atoms with van der Waals surface area (Å²) in [5.74, 6) is 0.967. The second-order valence-corrected chi connectivity index (χ2v) is 4.87. The molecule has 15 heavy (non-hydrogen) atoms. The molecule has 0 heterocycles. The van der Waals surface area contributed by atoms with Crippen molar-refractivity contribution in [2.75, 3.05) is 7.05 Å². The van der Waals surface area contributed by atoms with Crippen LogP contribution < -0.4 is 5.32 Å². The summed E-state index contributed by atoms with van der Waals surface area (Å²) in [5, 5.41) is 3.51. The number of hydrogen-bond donors (Lipinski definition) is 1. The van der Waals surface area contributed by atoms with Crippen molar-refractivity contribution in [2.24, 2.45) is 5.92 Å². The molecule has 1 atom stereocenters. The topological polar surface area (TPSA) is 12.0 Å². The Morgan fingerprint density at radius 2 is 2.00 bits per heavy atom. The monoisotopic (exact) mass is 209 g/mol. The van der Waals surface area contributed by atoms with Crippen molar-refractivity contribution in [3.63, 3.8) is 0 Å². The quantitative estimate of drug-likeness (QED) is 0.472. The van der Waals surface area contributed by atoms with Gasteiger partial charge in [0.25, 0.3) is 0 Å². The van der Waals surface area contributed by atoms with Crippen LogP contribution in [0.1, 0.15) is 57.8 Å². The zero-order valence-corrected chi connectivity index (χ0v) is 10.3. The molecular weight excluding hydrogens is 182 g/mol. The van der Waals surface area contributed by atoms with E-state index in [4.69, 9.17) is 0 Å². The Labute approximate surface area is 95.3 Å². The minimum atomic E-state index is 0.788. The van der Waals surface area contributed by atoms with Crippen LogP contribution in [0.4, 0.5) is 0 Å². The van der Waals surface area contributed by atoms with Crippen LogP contribution in [0.3, 0.4) is 0 Å². The van der Waals surface area contributed by atoms with Gasteiger partial charge in [-0.25, -0.2) is 0 Å². The molecule has 0 aromatic heterocycles. The van der Waals surface area contributed by atoms with Gasteiger partial charge < -0.3 is 5.32 Å². The summed E-state index contributed by atoms with van der Waals surface area (Å²) in [6.45, 7) is 3.76. The Kier molecular flexibility index (Phi) is 6.74. The van der Waals surface area contributed by atoms with Gasteiger partial charge in [0.15, 0.2) is 0 Å². The van der Waals surface area contributed by atoms with E-state index in [0.717, 1.165) is 12.0 Å². The molecule has 0 radical (unpaired) electrons. The van der Waals surface area contributed by atoms with E-state index in [-0.39, 0.29) is 0 Å². The lowest BCUT2D eigenvalue weighted by Crippen LogP contribution is -2.32. The van der Waals surface area contributed by atoms with Gasteiger partial charge in [0, 0.05) is 6.04 Å². The van der Waals surface area contributed by atoms with Crippen LogP contribution in [-0.2, 0) is 0 Å². The highest BCUT2D eigenvalue weighted by molar-refractivity contribution is 4.79. The third-order valence-electron chi connectivity index (χ3n) is 3.76. The summed E-state index contributed by atoms with van der Waals surface area (Å²) in [6.07, 6.45) is 14.5. The summed E-state index contributed by atoms with van der Waals surface area (Å²) >= 11 is 0. The number of hydrogen-bond acceptors (Lipinski definition) is 1. The van der Waals surface area contributed by atoms with Gasteiger partial charge in [-0.3, -0.25) is 0 Å². The molecule has 1 N–H and O–H groups in total.